The summed E-state index contributed by atoms with van der Waals surface area (Å²) in [5.41, 5.74) is -0.517. The van der Waals surface area contributed by atoms with Crippen LogP contribution in [0.1, 0.15) is 52.5 Å². The van der Waals surface area contributed by atoms with E-state index in [1.165, 1.54) is 12.2 Å². The van der Waals surface area contributed by atoms with Crippen LogP contribution in [-0.4, -0.2) is 47.3 Å². The first kappa shape index (κ1) is 28.5. The first-order valence-electron chi connectivity index (χ1n) is 12.9. The number of aliphatic hydroxyl groups is 1. The summed E-state index contributed by atoms with van der Waals surface area (Å²) in [6, 6.07) is 3.74. The molecule has 1 aromatic carbocycles. The minimum Gasteiger partial charge on any atom is -0.390 e. The highest BCUT2D eigenvalue weighted by Crippen LogP contribution is 2.55. The van der Waals surface area contributed by atoms with E-state index < -0.39 is 41.5 Å². The first-order valence-corrected chi connectivity index (χ1v) is 13.2. The topological polar surface area (TPSA) is 90.5 Å². The second-order valence-electron chi connectivity index (χ2n) is 12.2. The van der Waals surface area contributed by atoms with Crippen LogP contribution >= 0.6 is 11.6 Å². The Morgan fingerprint density at radius 2 is 2.03 bits per heavy atom. The molecule has 4 atom stereocenters. The molecule has 2 fully saturated rings. The van der Waals surface area contributed by atoms with Gasteiger partial charge < -0.3 is 21.1 Å². The van der Waals surface area contributed by atoms with E-state index in [1.807, 2.05) is 6.07 Å². The van der Waals surface area contributed by atoms with Gasteiger partial charge in [0.2, 0.25) is 11.8 Å². The molecule has 4 rings (SSSR count). The van der Waals surface area contributed by atoms with Crippen LogP contribution in [0.2, 0.25) is 5.02 Å². The normalized spacial score (nSPS) is 32.8. The third-order valence-corrected chi connectivity index (χ3v) is 7.97. The average Bonchev–Trinajstić information content (AvgIpc) is 3.26. The molecule has 1 saturated heterocycles. The fourth-order valence-corrected chi connectivity index (χ4v) is 6.46. The van der Waals surface area contributed by atoms with E-state index >= 15 is 0 Å². The zero-order valence-corrected chi connectivity index (χ0v) is 23.0. The number of alkyl halides is 1. The molecular formula is C29H36ClF2N3O3. The molecule has 3 aliphatic rings. The van der Waals surface area contributed by atoms with E-state index in [2.05, 4.69) is 43.3 Å². The second-order valence-corrected chi connectivity index (χ2v) is 12.7. The Hall–Kier alpha value is -2.55. The Bertz CT molecular complexity index is 1200. The maximum atomic E-state index is 14.0. The van der Waals surface area contributed by atoms with Gasteiger partial charge in [-0.1, -0.05) is 57.2 Å². The van der Waals surface area contributed by atoms with Crippen molar-refractivity contribution in [1.82, 2.24) is 10.6 Å². The van der Waals surface area contributed by atoms with Gasteiger partial charge >= 0.3 is 0 Å². The summed E-state index contributed by atoms with van der Waals surface area (Å²) in [6.07, 6.45) is 5.30. The van der Waals surface area contributed by atoms with Crippen molar-refractivity contribution in [3.8, 4) is 0 Å². The molecule has 0 bridgehead atoms. The number of hydrogen-bond donors (Lipinski definition) is 4. The predicted octanol–water partition coefficient (Wildman–Crippen LogP) is 4.89. The smallest absolute Gasteiger partial charge is 0.238 e. The maximum absolute atomic E-state index is 14.0. The molecule has 9 heteroatoms. The third-order valence-electron chi connectivity index (χ3n) is 7.74. The van der Waals surface area contributed by atoms with Crippen molar-refractivity contribution < 1.29 is 23.5 Å². The molecule has 1 aliphatic carbocycles. The molecule has 1 spiro atoms. The number of benzene rings is 1. The number of halogens is 3. The van der Waals surface area contributed by atoms with E-state index in [0.29, 0.717) is 41.1 Å². The molecule has 1 saturated carbocycles. The number of carbonyl (C=O) groups excluding carboxylic acids is 2. The van der Waals surface area contributed by atoms with Gasteiger partial charge in [-0.25, -0.2) is 8.78 Å². The number of allylic oxidation sites excluding steroid dienone is 4. The molecule has 6 nitrogen and oxygen atoms in total. The van der Waals surface area contributed by atoms with E-state index in [1.54, 1.807) is 19.1 Å². The van der Waals surface area contributed by atoms with E-state index in [0.717, 1.165) is 6.08 Å². The standard InChI is InChI=1S/C29H36ClF2N3O3/c1-16(7-6-8-18(32)15-31)23-24(25(36)33-19-12-28(5,38)13-19)35-22(14-27(2,3)4)29(23)20-10-9-17(30)11-21(20)34-26(29)37/h6-11,19,22-24,35,38H,1,12-15H2,2-5H3,(H,33,36)(H,34,37)/b7-6-,18-8+/t19-,22-,23-,24+,28+,29+/m0/s1. The van der Waals surface area contributed by atoms with E-state index in [-0.39, 0.29) is 23.3 Å². The quantitative estimate of drug-likeness (QED) is 0.366. The van der Waals surface area contributed by atoms with Crippen LogP contribution in [0.3, 0.4) is 0 Å². The van der Waals surface area contributed by atoms with E-state index in [9.17, 15) is 23.5 Å². The van der Waals surface area contributed by atoms with Crippen LogP contribution in [0.15, 0.2) is 54.4 Å². The van der Waals surface area contributed by atoms with Gasteiger partial charge in [0.05, 0.1) is 11.6 Å². The Balaban J connectivity index is 1.82. The molecule has 2 amide bonds. The Labute approximate surface area is 227 Å². The molecule has 4 N–H and O–H groups in total. The van der Waals surface area contributed by atoms with Gasteiger partial charge in [-0.3, -0.25) is 9.59 Å². The lowest BCUT2D eigenvalue weighted by Gasteiger charge is -2.42. The SMILES string of the molecule is C=C(/C=C\C=C(\F)CF)[C@H]1[C@H](C(=O)N[C@H]2C[C@@](C)(O)C2)N[C@@H](CC(C)(C)C)[C@@]12C(=O)Nc1cc(Cl)ccc12. The minimum atomic E-state index is -1.23. The van der Waals surface area contributed by atoms with Crippen LogP contribution in [0, 0.1) is 11.3 Å². The molecule has 0 aromatic heterocycles. The lowest BCUT2D eigenvalue weighted by atomic mass is 9.62. The molecule has 0 unspecified atom stereocenters. The average molecular weight is 548 g/mol. The summed E-state index contributed by atoms with van der Waals surface area (Å²) in [5, 5.41) is 20.1. The van der Waals surface area contributed by atoms with Crippen molar-refractivity contribution in [2.24, 2.45) is 11.3 Å². The Morgan fingerprint density at radius 1 is 1.34 bits per heavy atom. The number of rotatable bonds is 7. The van der Waals surface area contributed by atoms with Gasteiger partial charge in [-0.05, 0) is 60.9 Å². The Kier molecular flexibility index (Phi) is 7.64. The van der Waals surface area contributed by atoms with Crippen LogP contribution in [0.25, 0.3) is 0 Å². The highest BCUT2D eigenvalue weighted by molar-refractivity contribution is 6.31. The van der Waals surface area contributed by atoms with Crippen molar-refractivity contribution in [2.45, 2.75) is 76.1 Å². The van der Waals surface area contributed by atoms with Gasteiger partial charge in [0.25, 0.3) is 0 Å². The number of anilines is 1. The van der Waals surface area contributed by atoms with Gasteiger partial charge in [-0.2, -0.15) is 0 Å². The molecule has 2 aliphatic heterocycles. The summed E-state index contributed by atoms with van der Waals surface area (Å²) < 4.78 is 26.1. The van der Waals surface area contributed by atoms with Gasteiger partial charge in [0.15, 0.2) is 0 Å². The Morgan fingerprint density at radius 3 is 2.63 bits per heavy atom. The molecule has 38 heavy (non-hydrogen) atoms. The summed E-state index contributed by atoms with van der Waals surface area (Å²) in [4.78, 5) is 27.7. The predicted molar refractivity (Wildman–Crippen MR) is 145 cm³/mol. The van der Waals surface area contributed by atoms with Crippen LogP contribution in [-0.2, 0) is 15.0 Å². The van der Waals surface area contributed by atoms with Crippen LogP contribution < -0.4 is 16.0 Å². The number of hydrogen-bond acceptors (Lipinski definition) is 4. The molecule has 206 valence electrons. The van der Waals surface area contributed by atoms with Crippen LogP contribution in [0.4, 0.5) is 14.5 Å². The van der Waals surface area contributed by atoms with Crippen molar-refractivity contribution in [1.29, 1.82) is 0 Å². The lowest BCUT2D eigenvalue weighted by Crippen LogP contribution is -2.57. The fraction of sp³-hybridized carbons (Fsp3) is 0.517. The molecule has 2 heterocycles. The highest BCUT2D eigenvalue weighted by Gasteiger charge is 2.65. The van der Waals surface area contributed by atoms with Gasteiger partial charge in [0, 0.05) is 28.7 Å². The summed E-state index contributed by atoms with van der Waals surface area (Å²) >= 11 is 6.25. The zero-order valence-electron chi connectivity index (χ0n) is 22.2. The highest BCUT2D eigenvalue weighted by atomic mass is 35.5. The van der Waals surface area contributed by atoms with Crippen molar-refractivity contribution >= 4 is 29.1 Å². The number of carbonyl (C=O) groups is 2. The number of fused-ring (bicyclic) bond motifs is 2. The zero-order chi connectivity index (χ0) is 28.0. The summed E-state index contributed by atoms with van der Waals surface area (Å²) in [5.74, 6) is -2.26. The van der Waals surface area contributed by atoms with Crippen molar-refractivity contribution in [3.05, 3.63) is 65.0 Å². The molecule has 1 aromatic rings. The van der Waals surface area contributed by atoms with Crippen molar-refractivity contribution in [3.63, 3.8) is 0 Å². The molecular weight excluding hydrogens is 512 g/mol. The van der Waals surface area contributed by atoms with Crippen molar-refractivity contribution in [2.75, 3.05) is 12.0 Å². The second kappa shape index (κ2) is 10.2. The monoisotopic (exact) mass is 547 g/mol. The summed E-state index contributed by atoms with van der Waals surface area (Å²) in [6.45, 7) is 10.9. The number of nitrogens with one attached hydrogen (secondary N) is 3. The van der Waals surface area contributed by atoms with Gasteiger partial charge in [0.1, 0.15) is 17.9 Å². The van der Waals surface area contributed by atoms with Crippen LogP contribution in [0.5, 0.6) is 0 Å². The number of amides is 2. The maximum Gasteiger partial charge on any atom is 0.238 e. The van der Waals surface area contributed by atoms with Gasteiger partial charge in [-0.15, -0.1) is 0 Å². The van der Waals surface area contributed by atoms with E-state index in [4.69, 9.17) is 11.6 Å². The minimum absolute atomic E-state index is 0.188. The first-order chi connectivity index (χ1) is 17.7. The molecule has 0 radical (unpaired) electrons. The fourth-order valence-electron chi connectivity index (χ4n) is 6.29. The third kappa shape index (κ3) is 5.31. The lowest BCUT2D eigenvalue weighted by molar-refractivity contribution is -0.127. The summed E-state index contributed by atoms with van der Waals surface area (Å²) in [7, 11) is 0. The largest absolute Gasteiger partial charge is 0.390 e.